The van der Waals surface area contributed by atoms with Crippen molar-refractivity contribution in [3.05, 3.63) is 59.4 Å². The molecule has 0 spiro atoms. The zero-order valence-electron chi connectivity index (χ0n) is 13.5. The first kappa shape index (κ1) is 14.9. The number of aryl methyl sites for hydroxylation is 1. The zero-order chi connectivity index (χ0) is 15.5. The second-order valence-electron chi connectivity index (χ2n) is 6.13. The Kier molecular flexibility index (Phi) is 4.32. The molecule has 1 aliphatic heterocycles. The molecular weight excluding hydrogens is 272 g/mol. The standard InChI is InChI=1S/C19H24N2O/c1-3-4-7-18(22)21-14-13-20-12-5-6-17(20)19(21)16-10-8-15(2)9-11-16/h5-6,8-12,19H,3-4,7,13-14H2,1-2H3. The van der Waals surface area contributed by atoms with Gasteiger partial charge in [0.05, 0.1) is 6.04 Å². The van der Waals surface area contributed by atoms with Crippen molar-refractivity contribution in [2.24, 2.45) is 0 Å². The van der Waals surface area contributed by atoms with Gasteiger partial charge in [0.25, 0.3) is 0 Å². The average molecular weight is 296 g/mol. The van der Waals surface area contributed by atoms with E-state index in [1.165, 1.54) is 16.8 Å². The normalized spacial score (nSPS) is 17.4. The molecule has 1 aromatic heterocycles. The van der Waals surface area contributed by atoms with Crippen LogP contribution in [-0.4, -0.2) is 21.9 Å². The molecule has 3 heteroatoms. The second kappa shape index (κ2) is 6.39. The molecule has 2 heterocycles. The summed E-state index contributed by atoms with van der Waals surface area (Å²) in [6.07, 6.45) is 4.80. The minimum Gasteiger partial charge on any atom is -0.348 e. The highest BCUT2D eigenvalue weighted by Gasteiger charge is 2.31. The fourth-order valence-electron chi connectivity index (χ4n) is 3.22. The number of hydrogen-bond donors (Lipinski definition) is 0. The van der Waals surface area contributed by atoms with Gasteiger partial charge in [0.15, 0.2) is 0 Å². The number of carbonyl (C=O) groups excluding carboxylic acids is 1. The van der Waals surface area contributed by atoms with Crippen LogP contribution < -0.4 is 0 Å². The first-order valence-corrected chi connectivity index (χ1v) is 8.21. The number of rotatable bonds is 4. The van der Waals surface area contributed by atoms with Gasteiger partial charge in [-0.15, -0.1) is 0 Å². The van der Waals surface area contributed by atoms with Gasteiger partial charge in [-0.3, -0.25) is 4.79 Å². The minimum atomic E-state index is 0.0497. The average Bonchev–Trinajstić information content (AvgIpc) is 3.01. The molecule has 2 aromatic rings. The lowest BCUT2D eigenvalue weighted by Crippen LogP contribution is -2.42. The van der Waals surface area contributed by atoms with Crippen LogP contribution in [-0.2, 0) is 11.3 Å². The van der Waals surface area contributed by atoms with E-state index >= 15 is 0 Å². The molecule has 22 heavy (non-hydrogen) atoms. The van der Waals surface area contributed by atoms with Crippen LogP contribution >= 0.6 is 0 Å². The molecule has 0 fully saturated rings. The second-order valence-corrected chi connectivity index (χ2v) is 6.13. The lowest BCUT2D eigenvalue weighted by Gasteiger charge is -2.37. The summed E-state index contributed by atoms with van der Waals surface area (Å²) in [4.78, 5) is 14.7. The third kappa shape index (κ3) is 2.80. The van der Waals surface area contributed by atoms with E-state index in [0.717, 1.165) is 25.9 Å². The summed E-state index contributed by atoms with van der Waals surface area (Å²) in [7, 11) is 0. The van der Waals surface area contributed by atoms with Gasteiger partial charge in [-0.25, -0.2) is 0 Å². The number of hydrogen-bond acceptors (Lipinski definition) is 1. The highest BCUT2D eigenvalue weighted by atomic mass is 16.2. The molecule has 116 valence electrons. The first-order valence-electron chi connectivity index (χ1n) is 8.21. The van der Waals surface area contributed by atoms with Crippen molar-refractivity contribution in [1.29, 1.82) is 0 Å². The molecule has 1 atom stereocenters. The van der Waals surface area contributed by atoms with E-state index in [1.807, 2.05) is 0 Å². The highest BCUT2D eigenvalue weighted by Crippen LogP contribution is 2.33. The maximum absolute atomic E-state index is 12.7. The van der Waals surface area contributed by atoms with Crippen molar-refractivity contribution in [1.82, 2.24) is 9.47 Å². The van der Waals surface area contributed by atoms with Crippen LogP contribution in [0.3, 0.4) is 0 Å². The van der Waals surface area contributed by atoms with Gasteiger partial charge in [0.2, 0.25) is 5.91 Å². The third-order valence-electron chi connectivity index (χ3n) is 4.50. The molecule has 0 radical (unpaired) electrons. The van der Waals surface area contributed by atoms with Crippen LogP contribution in [0.2, 0.25) is 0 Å². The van der Waals surface area contributed by atoms with Crippen LogP contribution in [0, 0.1) is 6.92 Å². The van der Waals surface area contributed by atoms with E-state index < -0.39 is 0 Å². The number of unbranched alkanes of at least 4 members (excludes halogenated alkanes) is 1. The van der Waals surface area contributed by atoms with Crippen molar-refractivity contribution in [2.75, 3.05) is 6.54 Å². The molecule has 1 amide bonds. The van der Waals surface area contributed by atoms with Gasteiger partial charge in [-0.2, -0.15) is 0 Å². The van der Waals surface area contributed by atoms with E-state index in [1.54, 1.807) is 0 Å². The Hall–Kier alpha value is -2.03. The fraction of sp³-hybridized carbons (Fsp3) is 0.421. The summed E-state index contributed by atoms with van der Waals surface area (Å²) in [5.74, 6) is 0.278. The smallest absolute Gasteiger partial charge is 0.223 e. The van der Waals surface area contributed by atoms with Crippen LogP contribution in [0.4, 0.5) is 0 Å². The van der Waals surface area contributed by atoms with E-state index in [-0.39, 0.29) is 11.9 Å². The molecule has 1 aromatic carbocycles. The van der Waals surface area contributed by atoms with E-state index in [4.69, 9.17) is 0 Å². The maximum Gasteiger partial charge on any atom is 0.223 e. The Labute approximate surface area is 132 Å². The summed E-state index contributed by atoms with van der Waals surface area (Å²) in [6, 6.07) is 12.8. The lowest BCUT2D eigenvalue weighted by molar-refractivity contribution is -0.134. The SMILES string of the molecule is CCCCC(=O)N1CCn2cccc2C1c1ccc(C)cc1. The maximum atomic E-state index is 12.7. The van der Waals surface area contributed by atoms with Crippen LogP contribution in [0.1, 0.15) is 49.0 Å². The number of aromatic nitrogens is 1. The van der Waals surface area contributed by atoms with Crippen molar-refractivity contribution < 1.29 is 4.79 Å². The molecule has 0 aliphatic carbocycles. The van der Waals surface area contributed by atoms with Crippen LogP contribution in [0.25, 0.3) is 0 Å². The summed E-state index contributed by atoms with van der Waals surface area (Å²) in [5, 5.41) is 0. The quantitative estimate of drug-likeness (QED) is 0.839. The summed E-state index contributed by atoms with van der Waals surface area (Å²) in [6.45, 7) is 5.91. The Morgan fingerprint density at radius 1 is 1.18 bits per heavy atom. The summed E-state index contributed by atoms with van der Waals surface area (Å²) < 4.78 is 2.27. The summed E-state index contributed by atoms with van der Waals surface area (Å²) in [5.41, 5.74) is 3.67. The number of benzene rings is 1. The van der Waals surface area contributed by atoms with E-state index in [9.17, 15) is 4.79 Å². The summed E-state index contributed by atoms with van der Waals surface area (Å²) >= 11 is 0. The molecular formula is C19H24N2O. The lowest BCUT2D eigenvalue weighted by atomic mass is 9.98. The van der Waals surface area contributed by atoms with Crippen LogP contribution in [0.5, 0.6) is 0 Å². The van der Waals surface area contributed by atoms with E-state index in [0.29, 0.717) is 6.42 Å². The molecule has 3 nitrogen and oxygen atoms in total. The molecule has 3 rings (SSSR count). The van der Waals surface area contributed by atoms with Gasteiger partial charge in [-0.05, 0) is 31.0 Å². The molecule has 0 saturated heterocycles. The molecule has 0 saturated carbocycles. The Morgan fingerprint density at radius 2 is 1.95 bits per heavy atom. The topological polar surface area (TPSA) is 25.2 Å². The van der Waals surface area contributed by atoms with E-state index in [2.05, 4.69) is 65.9 Å². The number of nitrogens with zero attached hydrogens (tertiary/aromatic N) is 2. The fourth-order valence-corrected chi connectivity index (χ4v) is 3.22. The van der Waals surface area contributed by atoms with Gasteiger partial charge in [-0.1, -0.05) is 43.2 Å². The minimum absolute atomic E-state index is 0.0497. The molecule has 1 unspecified atom stereocenters. The van der Waals surface area contributed by atoms with Crippen molar-refractivity contribution in [3.63, 3.8) is 0 Å². The number of amides is 1. The van der Waals surface area contributed by atoms with Gasteiger partial charge < -0.3 is 9.47 Å². The number of fused-ring (bicyclic) bond motifs is 1. The Morgan fingerprint density at radius 3 is 2.68 bits per heavy atom. The third-order valence-corrected chi connectivity index (χ3v) is 4.50. The highest BCUT2D eigenvalue weighted by molar-refractivity contribution is 5.77. The zero-order valence-corrected chi connectivity index (χ0v) is 13.5. The Bertz CT molecular complexity index is 642. The number of carbonyl (C=O) groups is 1. The predicted octanol–water partition coefficient (Wildman–Crippen LogP) is 3.92. The van der Waals surface area contributed by atoms with Crippen LogP contribution in [0.15, 0.2) is 42.6 Å². The van der Waals surface area contributed by atoms with Crippen molar-refractivity contribution in [3.8, 4) is 0 Å². The Balaban J connectivity index is 1.95. The molecule has 0 N–H and O–H groups in total. The van der Waals surface area contributed by atoms with Crippen molar-refractivity contribution in [2.45, 2.75) is 45.7 Å². The van der Waals surface area contributed by atoms with Gasteiger partial charge in [0.1, 0.15) is 0 Å². The largest absolute Gasteiger partial charge is 0.348 e. The van der Waals surface area contributed by atoms with Gasteiger partial charge in [0, 0.05) is 31.4 Å². The molecule has 0 bridgehead atoms. The van der Waals surface area contributed by atoms with Crippen molar-refractivity contribution >= 4 is 5.91 Å². The first-order chi connectivity index (χ1) is 10.7. The predicted molar refractivity (Wildman–Crippen MR) is 88.7 cm³/mol. The molecule has 1 aliphatic rings. The monoisotopic (exact) mass is 296 g/mol. The van der Waals surface area contributed by atoms with Gasteiger partial charge >= 0.3 is 0 Å².